The number of aromatic nitrogens is 2. The van der Waals surface area contributed by atoms with E-state index >= 15 is 0 Å². The molecule has 1 N–H and O–H groups in total. The van der Waals surface area contributed by atoms with Crippen molar-refractivity contribution in [2.75, 3.05) is 6.61 Å². The van der Waals surface area contributed by atoms with Crippen LogP contribution in [0.1, 0.15) is 23.1 Å². The van der Waals surface area contributed by atoms with Crippen molar-refractivity contribution in [3.8, 4) is 5.75 Å². The van der Waals surface area contributed by atoms with Crippen molar-refractivity contribution in [1.82, 2.24) is 9.55 Å². The van der Waals surface area contributed by atoms with Gasteiger partial charge in [0.1, 0.15) is 23.7 Å². The Morgan fingerprint density at radius 1 is 1.17 bits per heavy atom. The highest BCUT2D eigenvalue weighted by Gasteiger charge is 2.11. The molecule has 5 heteroatoms. The first-order valence-corrected chi connectivity index (χ1v) is 7.60. The van der Waals surface area contributed by atoms with E-state index in [0.717, 1.165) is 23.3 Å². The standard InChI is InChI=1S/C18H18N2O3/c1-2-17-19-14-8-4-5-9-15(14)20(17)11-12-23-16-10-6-3-7-13(16)18(21)22/h3-10H,2,11-12H2,1H3,(H,21,22). The van der Waals surface area contributed by atoms with Crippen LogP contribution in [-0.4, -0.2) is 27.2 Å². The Balaban J connectivity index is 1.78. The minimum Gasteiger partial charge on any atom is -0.491 e. The van der Waals surface area contributed by atoms with Gasteiger partial charge in [-0.25, -0.2) is 9.78 Å². The molecule has 0 unspecified atom stereocenters. The van der Waals surface area contributed by atoms with Crippen molar-refractivity contribution in [1.29, 1.82) is 0 Å². The number of ether oxygens (including phenoxy) is 1. The van der Waals surface area contributed by atoms with E-state index in [9.17, 15) is 9.90 Å². The summed E-state index contributed by atoms with van der Waals surface area (Å²) in [7, 11) is 0. The van der Waals surface area contributed by atoms with Crippen LogP contribution < -0.4 is 4.74 Å². The number of benzene rings is 2. The number of para-hydroxylation sites is 3. The van der Waals surface area contributed by atoms with Gasteiger partial charge in [0, 0.05) is 6.42 Å². The molecule has 3 aromatic rings. The average molecular weight is 310 g/mol. The van der Waals surface area contributed by atoms with Crippen molar-refractivity contribution in [3.63, 3.8) is 0 Å². The van der Waals surface area contributed by atoms with Gasteiger partial charge in [-0.15, -0.1) is 0 Å². The van der Waals surface area contributed by atoms with Crippen molar-refractivity contribution >= 4 is 17.0 Å². The lowest BCUT2D eigenvalue weighted by Gasteiger charge is -2.11. The Kier molecular flexibility index (Phi) is 4.28. The molecule has 2 aromatic carbocycles. The van der Waals surface area contributed by atoms with Crippen LogP contribution in [0.2, 0.25) is 0 Å². The molecule has 0 amide bonds. The van der Waals surface area contributed by atoms with Crippen LogP contribution >= 0.6 is 0 Å². The van der Waals surface area contributed by atoms with E-state index in [2.05, 4.69) is 16.5 Å². The van der Waals surface area contributed by atoms with Gasteiger partial charge in [0.05, 0.1) is 17.6 Å². The van der Waals surface area contributed by atoms with Gasteiger partial charge in [-0.1, -0.05) is 31.2 Å². The van der Waals surface area contributed by atoms with Crippen LogP contribution in [-0.2, 0) is 13.0 Å². The molecule has 23 heavy (non-hydrogen) atoms. The summed E-state index contributed by atoms with van der Waals surface area (Å²) in [4.78, 5) is 15.8. The quantitative estimate of drug-likeness (QED) is 0.758. The van der Waals surface area contributed by atoms with Gasteiger partial charge in [0.2, 0.25) is 0 Å². The Morgan fingerprint density at radius 3 is 2.70 bits per heavy atom. The minimum atomic E-state index is -0.983. The van der Waals surface area contributed by atoms with Crippen LogP contribution in [0.4, 0.5) is 0 Å². The molecule has 118 valence electrons. The SMILES string of the molecule is CCc1nc2ccccc2n1CCOc1ccccc1C(=O)O. The lowest BCUT2D eigenvalue weighted by Crippen LogP contribution is -2.12. The Labute approximate surface area is 134 Å². The normalized spacial score (nSPS) is 10.8. The predicted molar refractivity (Wildman–Crippen MR) is 88.0 cm³/mol. The number of carbonyl (C=O) groups is 1. The Bertz CT molecular complexity index is 839. The molecule has 0 bridgehead atoms. The van der Waals surface area contributed by atoms with Gasteiger partial charge >= 0.3 is 5.97 Å². The van der Waals surface area contributed by atoms with E-state index in [4.69, 9.17) is 4.74 Å². The number of hydrogen-bond acceptors (Lipinski definition) is 3. The lowest BCUT2D eigenvalue weighted by molar-refractivity contribution is 0.0692. The number of aryl methyl sites for hydroxylation is 1. The van der Waals surface area contributed by atoms with Crippen LogP contribution in [0.25, 0.3) is 11.0 Å². The fourth-order valence-electron chi connectivity index (χ4n) is 2.66. The van der Waals surface area contributed by atoms with Gasteiger partial charge in [-0.3, -0.25) is 0 Å². The third kappa shape index (κ3) is 3.04. The molecule has 0 aliphatic rings. The van der Waals surface area contributed by atoms with E-state index < -0.39 is 5.97 Å². The number of carboxylic acids is 1. The number of aromatic carboxylic acids is 1. The smallest absolute Gasteiger partial charge is 0.339 e. The molecule has 0 aliphatic carbocycles. The van der Waals surface area contributed by atoms with Crippen LogP contribution in [0.3, 0.4) is 0 Å². The Morgan fingerprint density at radius 2 is 1.91 bits per heavy atom. The largest absolute Gasteiger partial charge is 0.491 e. The number of rotatable bonds is 6. The van der Waals surface area contributed by atoms with Gasteiger partial charge in [-0.2, -0.15) is 0 Å². The molecule has 0 saturated carbocycles. The van der Waals surface area contributed by atoms with Gasteiger partial charge in [0.25, 0.3) is 0 Å². The second kappa shape index (κ2) is 6.52. The topological polar surface area (TPSA) is 64.4 Å². The second-order valence-electron chi connectivity index (χ2n) is 5.17. The third-order valence-electron chi connectivity index (χ3n) is 3.74. The molecule has 0 atom stereocenters. The van der Waals surface area contributed by atoms with Crippen LogP contribution in [0.15, 0.2) is 48.5 Å². The molecule has 1 heterocycles. The molecule has 0 aliphatic heterocycles. The first-order chi connectivity index (χ1) is 11.2. The summed E-state index contributed by atoms with van der Waals surface area (Å²) in [5, 5.41) is 9.18. The molecule has 0 saturated heterocycles. The van der Waals surface area contributed by atoms with Crippen molar-refractivity contribution in [2.45, 2.75) is 19.9 Å². The fraction of sp³-hybridized carbons (Fsp3) is 0.222. The monoisotopic (exact) mass is 310 g/mol. The van der Waals surface area contributed by atoms with Crippen molar-refractivity contribution in [2.24, 2.45) is 0 Å². The highest BCUT2D eigenvalue weighted by Crippen LogP contribution is 2.19. The predicted octanol–water partition coefficient (Wildman–Crippen LogP) is 3.38. The van der Waals surface area contributed by atoms with E-state index in [1.807, 2.05) is 24.3 Å². The Hall–Kier alpha value is -2.82. The first-order valence-electron chi connectivity index (χ1n) is 7.60. The average Bonchev–Trinajstić information content (AvgIpc) is 2.93. The van der Waals surface area contributed by atoms with E-state index in [1.165, 1.54) is 0 Å². The molecule has 0 spiro atoms. The molecular formula is C18H18N2O3. The summed E-state index contributed by atoms with van der Waals surface area (Å²) in [5.74, 6) is 0.409. The zero-order chi connectivity index (χ0) is 16.2. The van der Waals surface area contributed by atoms with Crippen LogP contribution in [0, 0.1) is 0 Å². The molecule has 5 nitrogen and oxygen atoms in total. The van der Waals surface area contributed by atoms with E-state index in [1.54, 1.807) is 24.3 Å². The molecule has 0 radical (unpaired) electrons. The van der Waals surface area contributed by atoms with Crippen molar-refractivity contribution < 1.29 is 14.6 Å². The minimum absolute atomic E-state index is 0.179. The number of nitrogens with zero attached hydrogens (tertiary/aromatic N) is 2. The molecule has 0 fully saturated rings. The van der Waals surface area contributed by atoms with Gasteiger partial charge in [0.15, 0.2) is 0 Å². The third-order valence-corrected chi connectivity index (χ3v) is 3.74. The van der Waals surface area contributed by atoms with Gasteiger partial charge in [-0.05, 0) is 24.3 Å². The summed E-state index contributed by atoms with van der Waals surface area (Å²) in [6, 6.07) is 14.7. The number of hydrogen-bond donors (Lipinski definition) is 1. The van der Waals surface area contributed by atoms with Crippen LogP contribution in [0.5, 0.6) is 5.75 Å². The highest BCUT2D eigenvalue weighted by atomic mass is 16.5. The molecule has 3 rings (SSSR count). The second-order valence-corrected chi connectivity index (χ2v) is 5.17. The zero-order valence-electron chi connectivity index (χ0n) is 12.9. The van der Waals surface area contributed by atoms with E-state index in [-0.39, 0.29) is 5.56 Å². The molecular weight excluding hydrogens is 292 g/mol. The maximum Gasteiger partial charge on any atom is 0.339 e. The maximum atomic E-state index is 11.2. The zero-order valence-corrected chi connectivity index (χ0v) is 12.9. The maximum absolute atomic E-state index is 11.2. The molecule has 1 aromatic heterocycles. The number of carboxylic acid groups (broad SMARTS) is 1. The van der Waals surface area contributed by atoms with Gasteiger partial charge < -0.3 is 14.4 Å². The summed E-state index contributed by atoms with van der Waals surface area (Å²) >= 11 is 0. The first kappa shape index (κ1) is 15.1. The van der Waals surface area contributed by atoms with Crippen molar-refractivity contribution in [3.05, 3.63) is 59.9 Å². The highest BCUT2D eigenvalue weighted by molar-refractivity contribution is 5.90. The summed E-state index contributed by atoms with van der Waals surface area (Å²) in [5.41, 5.74) is 2.22. The summed E-state index contributed by atoms with van der Waals surface area (Å²) in [6.07, 6.45) is 0.834. The number of fused-ring (bicyclic) bond motifs is 1. The summed E-state index contributed by atoms with van der Waals surface area (Å²) < 4.78 is 7.81. The lowest BCUT2D eigenvalue weighted by atomic mass is 10.2. The van der Waals surface area contributed by atoms with E-state index in [0.29, 0.717) is 18.9 Å². The summed E-state index contributed by atoms with van der Waals surface area (Å²) in [6.45, 7) is 3.08. The fourth-order valence-corrected chi connectivity index (χ4v) is 2.66. The number of imidazole rings is 1.